The van der Waals surface area contributed by atoms with Crippen LogP contribution in [-0.2, 0) is 6.54 Å². The summed E-state index contributed by atoms with van der Waals surface area (Å²) < 4.78 is 6.39. The summed E-state index contributed by atoms with van der Waals surface area (Å²) in [5.74, 6) is 0.346. The van der Waals surface area contributed by atoms with E-state index in [4.69, 9.17) is 16.3 Å². The predicted octanol–water partition coefficient (Wildman–Crippen LogP) is 1.32. The van der Waals surface area contributed by atoms with Gasteiger partial charge in [-0.25, -0.2) is 4.68 Å². The minimum atomic E-state index is -0.310. The third-order valence-corrected chi connectivity index (χ3v) is 1.90. The minimum Gasteiger partial charge on any atom is -0.490 e. The van der Waals surface area contributed by atoms with Gasteiger partial charge in [-0.15, -0.1) is 0 Å². The Morgan fingerprint density at radius 1 is 1.62 bits per heavy atom. The van der Waals surface area contributed by atoms with Gasteiger partial charge in [-0.2, -0.15) is 5.10 Å². The van der Waals surface area contributed by atoms with Gasteiger partial charge in [0.1, 0.15) is 0 Å². The average molecular weight is 203 g/mol. The van der Waals surface area contributed by atoms with Crippen molar-refractivity contribution in [1.29, 1.82) is 0 Å². The second-order valence-corrected chi connectivity index (χ2v) is 2.75. The molecule has 0 spiro atoms. The van der Waals surface area contributed by atoms with Gasteiger partial charge < -0.3 is 4.74 Å². The average Bonchev–Trinajstić information content (AvgIpc) is 2.14. The molecule has 0 atom stereocenters. The van der Waals surface area contributed by atoms with Crippen LogP contribution in [0, 0.1) is 0 Å². The molecule has 0 aliphatic heterocycles. The van der Waals surface area contributed by atoms with Crippen LogP contribution in [0.1, 0.15) is 13.8 Å². The second kappa shape index (κ2) is 4.28. The molecule has 0 aliphatic rings. The van der Waals surface area contributed by atoms with Gasteiger partial charge in [0.25, 0.3) is 5.56 Å². The first-order valence-corrected chi connectivity index (χ1v) is 4.46. The molecule has 0 saturated carbocycles. The van der Waals surface area contributed by atoms with Crippen molar-refractivity contribution >= 4 is 11.6 Å². The van der Waals surface area contributed by atoms with Crippen LogP contribution in [0.15, 0.2) is 11.0 Å². The van der Waals surface area contributed by atoms with E-state index in [9.17, 15) is 4.79 Å². The van der Waals surface area contributed by atoms with Crippen LogP contribution in [0.25, 0.3) is 0 Å². The third kappa shape index (κ3) is 2.01. The van der Waals surface area contributed by atoms with E-state index in [0.717, 1.165) is 0 Å². The zero-order chi connectivity index (χ0) is 9.84. The lowest BCUT2D eigenvalue weighted by atomic mass is 10.5. The van der Waals surface area contributed by atoms with E-state index in [2.05, 4.69) is 5.10 Å². The highest BCUT2D eigenvalue weighted by atomic mass is 35.5. The highest BCUT2D eigenvalue weighted by molar-refractivity contribution is 6.31. The summed E-state index contributed by atoms with van der Waals surface area (Å²) in [6, 6.07) is 0. The van der Waals surface area contributed by atoms with E-state index in [0.29, 0.717) is 18.9 Å². The summed E-state index contributed by atoms with van der Waals surface area (Å²) >= 11 is 5.76. The fraction of sp³-hybridized carbons (Fsp3) is 0.500. The van der Waals surface area contributed by atoms with Gasteiger partial charge in [0.2, 0.25) is 0 Å². The van der Waals surface area contributed by atoms with Crippen molar-refractivity contribution in [3.63, 3.8) is 0 Å². The molecular formula is C8H11ClN2O2. The van der Waals surface area contributed by atoms with Crippen molar-refractivity contribution in [2.24, 2.45) is 0 Å². The molecule has 0 radical (unpaired) electrons. The number of hydrogen-bond acceptors (Lipinski definition) is 3. The van der Waals surface area contributed by atoms with Crippen LogP contribution in [0.5, 0.6) is 5.75 Å². The van der Waals surface area contributed by atoms with E-state index in [-0.39, 0.29) is 10.6 Å². The van der Waals surface area contributed by atoms with Crippen LogP contribution in [-0.4, -0.2) is 16.4 Å². The molecule has 0 N–H and O–H groups in total. The Kier molecular flexibility index (Phi) is 3.31. The Hall–Kier alpha value is -1.03. The first kappa shape index (κ1) is 10.1. The van der Waals surface area contributed by atoms with Crippen LogP contribution < -0.4 is 10.3 Å². The molecule has 5 heteroatoms. The fourth-order valence-electron chi connectivity index (χ4n) is 0.931. The van der Waals surface area contributed by atoms with Crippen molar-refractivity contribution in [3.8, 4) is 5.75 Å². The molecule has 0 aliphatic carbocycles. The zero-order valence-electron chi connectivity index (χ0n) is 7.58. The first-order valence-electron chi connectivity index (χ1n) is 4.09. The maximum atomic E-state index is 11.4. The van der Waals surface area contributed by atoms with Crippen molar-refractivity contribution < 1.29 is 4.74 Å². The molecule has 0 unspecified atom stereocenters. The Balaban J connectivity index is 3.15. The first-order chi connectivity index (χ1) is 6.20. The fourth-order valence-corrected chi connectivity index (χ4v) is 1.13. The van der Waals surface area contributed by atoms with Gasteiger partial charge in [0.15, 0.2) is 10.8 Å². The lowest BCUT2D eigenvalue weighted by Gasteiger charge is -2.06. The zero-order valence-corrected chi connectivity index (χ0v) is 8.34. The second-order valence-electron chi connectivity index (χ2n) is 2.38. The molecule has 0 amide bonds. The van der Waals surface area contributed by atoms with Crippen LogP contribution in [0.4, 0.5) is 0 Å². The van der Waals surface area contributed by atoms with Gasteiger partial charge in [-0.05, 0) is 13.8 Å². The van der Waals surface area contributed by atoms with Gasteiger partial charge in [-0.3, -0.25) is 4.79 Å². The molecule has 0 saturated heterocycles. The highest BCUT2D eigenvalue weighted by Gasteiger charge is 2.08. The minimum absolute atomic E-state index is 0.0960. The molecule has 4 nitrogen and oxygen atoms in total. The van der Waals surface area contributed by atoms with E-state index < -0.39 is 0 Å². The lowest BCUT2D eigenvalue weighted by molar-refractivity contribution is 0.335. The summed E-state index contributed by atoms with van der Waals surface area (Å²) in [5, 5.41) is 3.97. The monoisotopic (exact) mass is 202 g/mol. The maximum Gasteiger partial charge on any atom is 0.289 e. The number of aromatic nitrogens is 2. The highest BCUT2D eigenvalue weighted by Crippen LogP contribution is 2.17. The molecule has 1 heterocycles. The van der Waals surface area contributed by atoms with E-state index >= 15 is 0 Å². The Bertz CT molecular complexity index is 348. The molecule has 0 fully saturated rings. The summed E-state index contributed by atoms with van der Waals surface area (Å²) in [4.78, 5) is 11.4. The number of hydrogen-bond donors (Lipinski definition) is 0. The van der Waals surface area contributed by atoms with Gasteiger partial charge in [0.05, 0.1) is 12.8 Å². The number of rotatable bonds is 3. The Morgan fingerprint density at radius 2 is 2.31 bits per heavy atom. The van der Waals surface area contributed by atoms with Crippen molar-refractivity contribution in [1.82, 2.24) is 9.78 Å². The van der Waals surface area contributed by atoms with Gasteiger partial charge in [0, 0.05) is 6.54 Å². The molecule has 0 aromatic carbocycles. The van der Waals surface area contributed by atoms with Crippen LogP contribution >= 0.6 is 11.6 Å². The number of nitrogens with zero attached hydrogens (tertiary/aromatic N) is 2. The van der Waals surface area contributed by atoms with E-state index in [1.54, 1.807) is 0 Å². The molecule has 1 aromatic heterocycles. The SMILES string of the molecule is CCOc1cnn(CC)c(=O)c1Cl. The maximum absolute atomic E-state index is 11.4. The van der Waals surface area contributed by atoms with Gasteiger partial charge in [-0.1, -0.05) is 11.6 Å². The van der Waals surface area contributed by atoms with Crippen LogP contribution in [0.3, 0.4) is 0 Å². The van der Waals surface area contributed by atoms with E-state index in [1.165, 1.54) is 10.9 Å². The van der Waals surface area contributed by atoms with Crippen LogP contribution in [0.2, 0.25) is 5.02 Å². The standard InChI is InChI=1S/C8H11ClN2O2/c1-3-11-8(12)7(9)6(5-10-11)13-4-2/h5H,3-4H2,1-2H3. The Labute approximate surface area is 81.1 Å². The third-order valence-electron chi connectivity index (χ3n) is 1.55. The smallest absolute Gasteiger partial charge is 0.289 e. The molecule has 72 valence electrons. The normalized spacial score (nSPS) is 10.1. The van der Waals surface area contributed by atoms with Crippen molar-refractivity contribution in [2.75, 3.05) is 6.61 Å². The topological polar surface area (TPSA) is 44.1 Å². The molecule has 13 heavy (non-hydrogen) atoms. The van der Waals surface area contributed by atoms with E-state index in [1.807, 2.05) is 13.8 Å². The number of halogens is 1. The summed E-state index contributed by atoms with van der Waals surface area (Å²) in [6.07, 6.45) is 1.46. The Morgan fingerprint density at radius 3 is 2.85 bits per heavy atom. The lowest BCUT2D eigenvalue weighted by Crippen LogP contribution is -2.22. The summed E-state index contributed by atoms with van der Waals surface area (Å²) in [6.45, 7) is 4.62. The number of aryl methyl sites for hydroxylation is 1. The molecule has 1 rings (SSSR count). The van der Waals surface area contributed by atoms with Gasteiger partial charge >= 0.3 is 0 Å². The number of ether oxygens (including phenoxy) is 1. The van der Waals surface area contributed by atoms with Crippen molar-refractivity contribution in [2.45, 2.75) is 20.4 Å². The van der Waals surface area contributed by atoms with Crippen molar-refractivity contribution in [3.05, 3.63) is 21.6 Å². The predicted molar refractivity (Wildman–Crippen MR) is 50.4 cm³/mol. The molecule has 1 aromatic rings. The molecule has 0 bridgehead atoms. The summed E-state index contributed by atoms with van der Waals surface area (Å²) in [7, 11) is 0. The molecular weight excluding hydrogens is 192 g/mol. The quantitative estimate of drug-likeness (QED) is 0.743. The largest absolute Gasteiger partial charge is 0.490 e. The summed E-state index contributed by atoms with van der Waals surface area (Å²) in [5.41, 5.74) is -0.310.